The topological polar surface area (TPSA) is 28.7 Å². The zero-order valence-electron chi connectivity index (χ0n) is 10.3. The van der Waals surface area contributed by atoms with Crippen molar-refractivity contribution in [2.75, 3.05) is 0 Å². The van der Waals surface area contributed by atoms with E-state index in [1.165, 1.54) is 5.57 Å². The van der Waals surface area contributed by atoms with Crippen molar-refractivity contribution in [3.63, 3.8) is 0 Å². The van der Waals surface area contributed by atoms with Crippen molar-refractivity contribution in [2.45, 2.75) is 23.2 Å². The van der Waals surface area contributed by atoms with Gasteiger partial charge in [-0.15, -0.1) is 0 Å². The van der Waals surface area contributed by atoms with Crippen LogP contribution >= 0.6 is 22.6 Å². The molecule has 0 aromatic carbocycles. The number of nitrogens with zero attached hydrogens (tertiary/aromatic N) is 1. The maximum atomic E-state index is 4.68. The van der Waals surface area contributed by atoms with Gasteiger partial charge in [0.25, 0.3) is 0 Å². The van der Waals surface area contributed by atoms with Gasteiger partial charge < -0.3 is 4.98 Å². The maximum Gasteiger partial charge on any atom is 0.138 e. The standard InChI is InChI=1S/C15H15IN2/c1-15(16)9-7-12-13(8-10-15)18-14(17-12)11-5-3-2-4-6-11/h3,5-10H,2,4H2,1H3,(H,17,18). The lowest BCUT2D eigenvalue weighted by Gasteiger charge is -2.09. The van der Waals surface area contributed by atoms with Crippen LogP contribution in [0.4, 0.5) is 0 Å². The number of allylic oxidation sites excluding steroid dienone is 6. The fourth-order valence-electron chi connectivity index (χ4n) is 2.12. The highest BCUT2D eigenvalue weighted by atomic mass is 127. The number of nitrogens with one attached hydrogen (secondary N) is 1. The predicted octanol–water partition coefficient (Wildman–Crippen LogP) is 4.38. The number of hydrogen-bond donors (Lipinski definition) is 1. The van der Waals surface area contributed by atoms with Gasteiger partial charge >= 0.3 is 0 Å². The highest BCUT2D eigenvalue weighted by Gasteiger charge is 2.17. The molecule has 3 rings (SSSR count). The lowest BCUT2D eigenvalue weighted by molar-refractivity contribution is 1.03. The lowest BCUT2D eigenvalue weighted by Crippen LogP contribution is -2.04. The van der Waals surface area contributed by atoms with E-state index >= 15 is 0 Å². The molecule has 0 aliphatic heterocycles. The molecule has 1 unspecified atom stereocenters. The van der Waals surface area contributed by atoms with Gasteiger partial charge in [-0.2, -0.15) is 0 Å². The minimum absolute atomic E-state index is 0.0729. The van der Waals surface area contributed by atoms with Gasteiger partial charge in [-0.05, 0) is 31.9 Å². The molecule has 2 aliphatic carbocycles. The smallest absolute Gasteiger partial charge is 0.138 e. The molecule has 1 atom stereocenters. The van der Waals surface area contributed by atoms with Crippen molar-refractivity contribution in [1.82, 2.24) is 9.97 Å². The second-order valence-electron chi connectivity index (χ2n) is 4.84. The number of hydrogen-bond acceptors (Lipinski definition) is 1. The highest BCUT2D eigenvalue weighted by molar-refractivity contribution is 14.1. The van der Waals surface area contributed by atoms with Crippen LogP contribution in [0.1, 0.15) is 37.0 Å². The van der Waals surface area contributed by atoms with Gasteiger partial charge in [0, 0.05) is 5.57 Å². The van der Waals surface area contributed by atoms with Gasteiger partial charge in [0.1, 0.15) is 5.82 Å². The SMILES string of the molecule is CC1(I)C=Cc2nc(C3=CCCC=C3)[nH]c2C=C1. The molecular formula is C15H15IN2. The average molecular weight is 350 g/mol. The maximum absolute atomic E-state index is 4.68. The van der Waals surface area contributed by atoms with Crippen LogP contribution in [0.25, 0.3) is 17.7 Å². The van der Waals surface area contributed by atoms with E-state index < -0.39 is 0 Å². The summed E-state index contributed by atoms with van der Waals surface area (Å²) in [5.41, 5.74) is 3.33. The summed E-state index contributed by atoms with van der Waals surface area (Å²) in [7, 11) is 0. The van der Waals surface area contributed by atoms with Gasteiger partial charge in [0.2, 0.25) is 0 Å². The third-order valence-corrected chi connectivity index (χ3v) is 3.89. The van der Waals surface area contributed by atoms with Gasteiger partial charge in [-0.3, -0.25) is 0 Å². The third kappa shape index (κ3) is 2.36. The van der Waals surface area contributed by atoms with E-state index in [4.69, 9.17) is 0 Å². The van der Waals surface area contributed by atoms with Gasteiger partial charge in [-0.25, -0.2) is 4.98 Å². The Hall–Kier alpha value is -1.10. The van der Waals surface area contributed by atoms with Crippen LogP contribution in [0.5, 0.6) is 0 Å². The Morgan fingerprint density at radius 1 is 1.22 bits per heavy atom. The number of aromatic amines is 1. The van der Waals surface area contributed by atoms with Crippen LogP contribution in [0.2, 0.25) is 0 Å². The van der Waals surface area contributed by atoms with Crippen LogP contribution in [-0.4, -0.2) is 13.4 Å². The van der Waals surface area contributed by atoms with E-state index in [9.17, 15) is 0 Å². The van der Waals surface area contributed by atoms with Crippen molar-refractivity contribution in [2.24, 2.45) is 0 Å². The molecule has 0 fully saturated rings. The molecule has 0 radical (unpaired) electrons. The number of rotatable bonds is 1. The second kappa shape index (κ2) is 4.53. The first-order valence-corrected chi connectivity index (χ1v) is 7.26. The first kappa shape index (κ1) is 12.0. The van der Waals surface area contributed by atoms with Crippen molar-refractivity contribution >= 4 is 40.3 Å². The molecule has 0 saturated carbocycles. The summed E-state index contributed by atoms with van der Waals surface area (Å²) in [6.45, 7) is 2.18. The van der Waals surface area contributed by atoms with E-state index in [2.05, 4.69) is 82.0 Å². The summed E-state index contributed by atoms with van der Waals surface area (Å²) in [5, 5.41) is 0. The lowest BCUT2D eigenvalue weighted by atomic mass is 10.1. The quantitative estimate of drug-likeness (QED) is 0.591. The Morgan fingerprint density at radius 2 is 2.06 bits per heavy atom. The fraction of sp³-hybridized carbons (Fsp3) is 0.267. The van der Waals surface area contributed by atoms with Crippen LogP contribution in [0.15, 0.2) is 30.4 Å². The Morgan fingerprint density at radius 3 is 2.83 bits per heavy atom. The molecule has 3 heteroatoms. The number of H-pyrrole nitrogens is 1. The third-order valence-electron chi connectivity index (χ3n) is 3.17. The molecule has 1 aromatic heterocycles. The Kier molecular flexibility index (Phi) is 3.01. The molecule has 2 aliphatic rings. The molecule has 0 spiro atoms. The molecule has 1 heterocycles. The zero-order chi connectivity index (χ0) is 12.6. The normalized spacial score (nSPS) is 20.4. The monoisotopic (exact) mass is 350 g/mol. The van der Waals surface area contributed by atoms with Crippen LogP contribution < -0.4 is 0 Å². The number of alkyl halides is 1. The van der Waals surface area contributed by atoms with Crippen LogP contribution in [0.3, 0.4) is 0 Å². The van der Waals surface area contributed by atoms with E-state index in [0.29, 0.717) is 0 Å². The van der Waals surface area contributed by atoms with E-state index in [0.717, 1.165) is 30.1 Å². The Labute approximate surface area is 121 Å². The zero-order valence-corrected chi connectivity index (χ0v) is 12.4. The summed E-state index contributed by atoms with van der Waals surface area (Å²) >= 11 is 2.43. The summed E-state index contributed by atoms with van der Waals surface area (Å²) < 4.78 is 0.0729. The number of aromatic nitrogens is 2. The van der Waals surface area contributed by atoms with E-state index in [1.807, 2.05) is 0 Å². The molecule has 0 bridgehead atoms. The van der Waals surface area contributed by atoms with Crippen molar-refractivity contribution in [3.8, 4) is 0 Å². The van der Waals surface area contributed by atoms with E-state index in [-0.39, 0.29) is 3.42 Å². The number of fused-ring (bicyclic) bond motifs is 1. The molecule has 2 nitrogen and oxygen atoms in total. The predicted molar refractivity (Wildman–Crippen MR) is 85.4 cm³/mol. The molecule has 18 heavy (non-hydrogen) atoms. The summed E-state index contributed by atoms with van der Waals surface area (Å²) in [6.07, 6.45) is 17.5. The summed E-state index contributed by atoms with van der Waals surface area (Å²) in [5.74, 6) is 0.974. The average Bonchev–Trinajstić information content (AvgIpc) is 2.73. The largest absolute Gasteiger partial charge is 0.338 e. The highest BCUT2D eigenvalue weighted by Crippen LogP contribution is 2.29. The molecule has 92 valence electrons. The summed E-state index contributed by atoms with van der Waals surface area (Å²) in [6, 6.07) is 0. The molecular weight excluding hydrogens is 335 g/mol. The first-order valence-electron chi connectivity index (χ1n) is 6.18. The van der Waals surface area contributed by atoms with E-state index in [1.54, 1.807) is 0 Å². The van der Waals surface area contributed by atoms with Crippen molar-refractivity contribution in [1.29, 1.82) is 0 Å². The number of imidazole rings is 1. The van der Waals surface area contributed by atoms with Crippen LogP contribution in [0, 0.1) is 0 Å². The van der Waals surface area contributed by atoms with Gasteiger partial charge in [0.15, 0.2) is 0 Å². The van der Waals surface area contributed by atoms with Crippen molar-refractivity contribution < 1.29 is 0 Å². The molecule has 1 N–H and O–H groups in total. The minimum atomic E-state index is 0.0729. The molecule has 1 aromatic rings. The Bertz CT molecular complexity index is 552. The molecule has 0 saturated heterocycles. The second-order valence-corrected chi connectivity index (χ2v) is 7.17. The minimum Gasteiger partial charge on any atom is -0.338 e. The number of halogens is 1. The van der Waals surface area contributed by atoms with Crippen LogP contribution in [-0.2, 0) is 0 Å². The van der Waals surface area contributed by atoms with Gasteiger partial charge in [-0.1, -0.05) is 53.0 Å². The molecule has 0 amide bonds. The summed E-state index contributed by atoms with van der Waals surface area (Å²) in [4.78, 5) is 8.09. The van der Waals surface area contributed by atoms with Gasteiger partial charge in [0.05, 0.1) is 14.8 Å². The first-order chi connectivity index (χ1) is 8.64. The Balaban J connectivity index is 1.99. The van der Waals surface area contributed by atoms with Crippen molar-refractivity contribution in [3.05, 3.63) is 47.6 Å². The fourth-order valence-corrected chi connectivity index (χ4v) is 2.48.